The topological polar surface area (TPSA) is 58.6 Å². The SMILES string of the molecule is COc1ccc2cc(CNC(Cc3ccccc3)C(=O)O)ccc2c1. The number of rotatable bonds is 7. The van der Waals surface area contributed by atoms with E-state index in [1.54, 1.807) is 7.11 Å². The van der Waals surface area contributed by atoms with E-state index in [0.29, 0.717) is 13.0 Å². The number of fused-ring (bicyclic) bond motifs is 1. The molecule has 128 valence electrons. The van der Waals surface area contributed by atoms with Gasteiger partial charge in [-0.3, -0.25) is 4.79 Å². The fourth-order valence-corrected chi connectivity index (χ4v) is 2.85. The second-order valence-corrected chi connectivity index (χ2v) is 6.01. The molecule has 3 rings (SSSR count). The zero-order valence-electron chi connectivity index (χ0n) is 14.1. The highest BCUT2D eigenvalue weighted by atomic mass is 16.5. The Balaban J connectivity index is 1.70. The number of nitrogens with one attached hydrogen (secondary N) is 1. The first kappa shape index (κ1) is 17.0. The molecule has 0 aliphatic carbocycles. The van der Waals surface area contributed by atoms with Crippen molar-refractivity contribution in [3.05, 3.63) is 77.9 Å². The number of ether oxygens (including phenoxy) is 1. The number of carbonyl (C=O) groups is 1. The number of aliphatic carboxylic acids is 1. The van der Waals surface area contributed by atoms with Gasteiger partial charge in [0.15, 0.2) is 0 Å². The largest absolute Gasteiger partial charge is 0.497 e. The Morgan fingerprint density at radius 1 is 1.00 bits per heavy atom. The van der Waals surface area contributed by atoms with Gasteiger partial charge >= 0.3 is 5.97 Å². The molecule has 0 aliphatic heterocycles. The van der Waals surface area contributed by atoms with Crippen LogP contribution in [0.15, 0.2) is 66.7 Å². The van der Waals surface area contributed by atoms with Crippen LogP contribution in [0, 0.1) is 0 Å². The minimum atomic E-state index is -0.839. The summed E-state index contributed by atoms with van der Waals surface area (Å²) < 4.78 is 5.24. The summed E-state index contributed by atoms with van der Waals surface area (Å²) in [4.78, 5) is 11.5. The third-order valence-electron chi connectivity index (χ3n) is 4.25. The summed E-state index contributed by atoms with van der Waals surface area (Å²) in [7, 11) is 1.65. The van der Waals surface area contributed by atoms with Crippen LogP contribution in [0.25, 0.3) is 10.8 Å². The lowest BCUT2D eigenvalue weighted by atomic mass is 10.0. The first-order valence-corrected chi connectivity index (χ1v) is 8.22. The van der Waals surface area contributed by atoms with Crippen LogP contribution in [0.2, 0.25) is 0 Å². The Morgan fingerprint density at radius 3 is 2.44 bits per heavy atom. The Morgan fingerprint density at radius 2 is 1.72 bits per heavy atom. The summed E-state index contributed by atoms with van der Waals surface area (Å²) >= 11 is 0. The van der Waals surface area contributed by atoms with E-state index < -0.39 is 12.0 Å². The fraction of sp³-hybridized carbons (Fsp3) is 0.190. The maximum Gasteiger partial charge on any atom is 0.321 e. The molecule has 1 atom stereocenters. The first-order chi connectivity index (χ1) is 12.2. The third kappa shape index (κ3) is 4.37. The Labute approximate surface area is 147 Å². The van der Waals surface area contributed by atoms with Gasteiger partial charge in [0.2, 0.25) is 0 Å². The van der Waals surface area contributed by atoms with Crippen molar-refractivity contribution >= 4 is 16.7 Å². The molecule has 0 saturated heterocycles. The lowest BCUT2D eigenvalue weighted by molar-refractivity contribution is -0.139. The molecule has 3 aromatic rings. The predicted octanol–water partition coefficient (Wildman–Crippen LogP) is 3.63. The zero-order valence-corrected chi connectivity index (χ0v) is 14.1. The summed E-state index contributed by atoms with van der Waals surface area (Å²) in [5.74, 6) is -0.0124. The zero-order chi connectivity index (χ0) is 17.6. The van der Waals surface area contributed by atoms with E-state index in [1.807, 2.05) is 60.7 Å². The molecule has 4 nitrogen and oxygen atoms in total. The molecule has 0 aromatic heterocycles. The van der Waals surface area contributed by atoms with Crippen molar-refractivity contribution in [3.63, 3.8) is 0 Å². The van der Waals surface area contributed by atoms with Crippen molar-refractivity contribution in [3.8, 4) is 5.75 Å². The highest BCUT2D eigenvalue weighted by Crippen LogP contribution is 2.22. The molecule has 4 heteroatoms. The molecule has 25 heavy (non-hydrogen) atoms. The van der Waals surface area contributed by atoms with E-state index in [9.17, 15) is 9.90 Å². The molecule has 3 aromatic carbocycles. The lowest BCUT2D eigenvalue weighted by Crippen LogP contribution is -2.38. The summed E-state index contributed by atoms with van der Waals surface area (Å²) in [6.07, 6.45) is 0.459. The summed E-state index contributed by atoms with van der Waals surface area (Å²) in [5, 5.41) is 14.8. The monoisotopic (exact) mass is 335 g/mol. The summed E-state index contributed by atoms with van der Waals surface area (Å²) in [5.41, 5.74) is 2.06. The van der Waals surface area contributed by atoms with Crippen molar-refractivity contribution in [2.24, 2.45) is 0 Å². The minimum Gasteiger partial charge on any atom is -0.497 e. The van der Waals surface area contributed by atoms with Gasteiger partial charge in [-0.15, -0.1) is 0 Å². The van der Waals surface area contributed by atoms with Crippen LogP contribution >= 0.6 is 0 Å². The van der Waals surface area contributed by atoms with Gasteiger partial charge in [-0.1, -0.05) is 48.5 Å². The Hall–Kier alpha value is -2.85. The summed E-state index contributed by atoms with van der Waals surface area (Å²) in [6.45, 7) is 0.506. The minimum absolute atomic E-state index is 0.459. The van der Waals surface area contributed by atoms with Gasteiger partial charge in [0.1, 0.15) is 11.8 Å². The number of carboxylic acids is 1. The van der Waals surface area contributed by atoms with Crippen molar-refractivity contribution < 1.29 is 14.6 Å². The number of carboxylic acid groups (broad SMARTS) is 1. The van der Waals surface area contributed by atoms with Crippen LogP contribution in [0.1, 0.15) is 11.1 Å². The quantitative estimate of drug-likeness (QED) is 0.692. The maximum atomic E-state index is 11.5. The Kier molecular flexibility index (Phi) is 5.31. The molecule has 2 N–H and O–H groups in total. The smallest absolute Gasteiger partial charge is 0.321 e. The van der Waals surface area contributed by atoms with E-state index >= 15 is 0 Å². The summed E-state index contributed by atoms with van der Waals surface area (Å²) in [6, 6.07) is 21.1. The van der Waals surface area contributed by atoms with Gasteiger partial charge in [0.05, 0.1) is 7.11 Å². The van der Waals surface area contributed by atoms with Crippen molar-refractivity contribution in [1.29, 1.82) is 0 Å². The molecular formula is C21H21NO3. The molecule has 0 fully saturated rings. The number of methoxy groups -OCH3 is 1. The van der Waals surface area contributed by atoms with E-state index in [0.717, 1.165) is 27.6 Å². The van der Waals surface area contributed by atoms with Gasteiger partial charge in [-0.2, -0.15) is 0 Å². The number of hydrogen-bond donors (Lipinski definition) is 2. The predicted molar refractivity (Wildman–Crippen MR) is 98.9 cm³/mol. The molecular weight excluding hydrogens is 314 g/mol. The average Bonchev–Trinajstić information content (AvgIpc) is 2.65. The van der Waals surface area contributed by atoms with E-state index in [1.165, 1.54) is 0 Å². The van der Waals surface area contributed by atoms with Crippen LogP contribution in [-0.4, -0.2) is 24.2 Å². The van der Waals surface area contributed by atoms with Crippen molar-refractivity contribution in [1.82, 2.24) is 5.32 Å². The number of hydrogen-bond acceptors (Lipinski definition) is 3. The molecule has 0 bridgehead atoms. The highest BCUT2D eigenvalue weighted by Gasteiger charge is 2.17. The second-order valence-electron chi connectivity index (χ2n) is 6.01. The normalized spacial score (nSPS) is 12.0. The fourth-order valence-electron chi connectivity index (χ4n) is 2.85. The van der Waals surface area contributed by atoms with Gasteiger partial charge in [0.25, 0.3) is 0 Å². The van der Waals surface area contributed by atoms with Gasteiger partial charge in [-0.25, -0.2) is 0 Å². The molecule has 0 amide bonds. The van der Waals surface area contributed by atoms with Crippen molar-refractivity contribution in [2.75, 3.05) is 7.11 Å². The van der Waals surface area contributed by atoms with Crippen LogP contribution < -0.4 is 10.1 Å². The molecule has 0 saturated carbocycles. The lowest BCUT2D eigenvalue weighted by Gasteiger charge is -2.15. The Bertz CT molecular complexity index is 861. The van der Waals surface area contributed by atoms with E-state index in [-0.39, 0.29) is 0 Å². The molecule has 0 heterocycles. The van der Waals surface area contributed by atoms with Crippen LogP contribution in [0.5, 0.6) is 5.75 Å². The molecule has 0 aliphatic rings. The second kappa shape index (κ2) is 7.81. The maximum absolute atomic E-state index is 11.5. The molecule has 0 radical (unpaired) electrons. The number of benzene rings is 3. The standard InChI is InChI=1S/C21H21NO3/c1-25-19-10-9-17-11-16(7-8-18(17)13-19)14-22-20(21(23)24)12-15-5-3-2-4-6-15/h2-11,13,20,22H,12,14H2,1H3,(H,23,24). The third-order valence-corrected chi connectivity index (χ3v) is 4.25. The van der Waals surface area contributed by atoms with E-state index in [4.69, 9.17) is 4.74 Å². The molecule has 0 spiro atoms. The van der Waals surface area contributed by atoms with Gasteiger partial charge in [0, 0.05) is 6.54 Å². The van der Waals surface area contributed by atoms with Crippen LogP contribution in [0.3, 0.4) is 0 Å². The van der Waals surface area contributed by atoms with Crippen LogP contribution in [-0.2, 0) is 17.8 Å². The van der Waals surface area contributed by atoms with Crippen LogP contribution in [0.4, 0.5) is 0 Å². The van der Waals surface area contributed by atoms with Crippen molar-refractivity contribution in [2.45, 2.75) is 19.0 Å². The highest BCUT2D eigenvalue weighted by molar-refractivity contribution is 5.84. The average molecular weight is 335 g/mol. The van der Waals surface area contributed by atoms with E-state index in [2.05, 4.69) is 11.4 Å². The first-order valence-electron chi connectivity index (χ1n) is 8.22. The molecule has 1 unspecified atom stereocenters. The van der Waals surface area contributed by atoms with Gasteiger partial charge in [-0.05, 0) is 46.5 Å². The van der Waals surface area contributed by atoms with Gasteiger partial charge < -0.3 is 15.2 Å².